The van der Waals surface area contributed by atoms with Crippen molar-refractivity contribution in [2.75, 3.05) is 11.1 Å². The van der Waals surface area contributed by atoms with Gasteiger partial charge in [-0.15, -0.1) is 0 Å². The van der Waals surface area contributed by atoms with Crippen LogP contribution in [0.1, 0.15) is 17.3 Å². The average molecular weight is 339 g/mol. The normalized spacial score (nSPS) is 10.8. The molecule has 1 amide bonds. The molecule has 3 aromatic rings. The van der Waals surface area contributed by atoms with Gasteiger partial charge in [0.1, 0.15) is 0 Å². The maximum Gasteiger partial charge on any atom is 0.234 e. The molecule has 1 heterocycles. The smallest absolute Gasteiger partial charge is 0.234 e. The fourth-order valence-corrected chi connectivity index (χ4v) is 3.16. The number of amides is 1. The second kappa shape index (κ2) is 6.88. The van der Waals surface area contributed by atoms with Crippen molar-refractivity contribution in [3.05, 3.63) is 54.1 Å². The van der Waals surface area contributed by atoms with Gasteiger partial charge in [0.2, 0.25) is 5.91 Å². The molecule has 0 aliphatic heterocycles. The minimum Gasteiger partial charge on any atom is -0.325 e. The fraction of sp³-hybridized carbons (Fsp3) is 0.167. The number of carbonyl (C=O) groups is 2. The highest BCUT2D eigenvalue weighted by Gasteiger charge is 2.10. The van der Waals surface area contributed by atoms with E-state index in [1.165, 1.54) is 18.7 Å². The van der Waals surface area contributed by atoms with Crippen LogP contribution in [0, 0.1) is 0 Å². The molecule has 0 radical (unpaired) electrons. The Labute approximate surface area is 144 Å². The minimum absolute atomic E-state index is 0.00489. The SMILES string of the molecule is CC(=O)c1ccc(NC(=O)CSc2nc3ccccc3n2C)cc1. The van der Waals surface area contributed by atoms with E-state index >= 15 is 0 Å². The molecule has 1 N–H and O–H groups in total. The van der Waals surface area contributed by atoms with Crippen LogP contribution in [0.2, 0.25) is 0 Å². The van der Waals surface area contributed by atoms with Crippen LogP contribution in [0.15, 0.2) is 53.7 Å². The van der Waals surface area contributed by atoms with Gasteiger partial charge in [-0.1, -0.05) is 23.9 Å². The number of aryl methyl sites for hydroxylation is 1. The van der Waals surface area contributed by atoms with Gasteiger partial charge in [-0.3, -0.25) is 9.59 Å². The Morgan fingerprint density at radius 1 is 1.12 bits per heavy atom. The van der Waals surface area contributed by atoms with Gasteiger partial charge >= 0.3 is 0 Å². The number of carbonyl (C=O) groups excluding carboxylic acids is 2. The Morgan fingerprint density at radius 3 is 2.50 bits per heavy atom. The number of benzene rings is 2. The number of hydrogen-bond acceptors (Lipinski definition) is 4. The first-order valence-electron chi connectivity index (χ1n) is 7.49. The zero-order chi connectivity index (χ0) is 17.1. The number of anilines is 1. The molecular weight excluding hydrogens is 322 g/mol. The summed E-state index contributed by atoms with van der Waals surface area (Å²) in [7, 11) is 1.94. The summed E-state index contributed by atoms with van der Waals surface area (Å²) in [5.41, 5.74) is 3.26. The first-order valence-corrected chi connectivity index (χ1v) is 8.48. The Bertz CT molecular complexity index is 900. The molecular formula is C18H17N3O2S. The molecule has 0 aliphatic rings. The first kappa shape index (κ1) is 16.3. The largest absolute Gasteiger partial charge is 0.325 e. The molecule has 0 spiro atoms. The van der Waals surface area contributed by atoms with E-state index in [1.54, 1.807) is 24.3 Å². The van der Waals surface area contributed by atoms with Crippen LogP contribution in [0.5, 0.6) is 0 Å². The number of fused-ring (bicyclic) bond motifs is 1. The van der Waals surface area contributed by atoms with Crippen LogP contribution in [0.25, 0.3) is 11.0 Å². The van der Waals surface area contributed by atoms with Crippen LogP contribution >= 0.6 is 11.8 Å². The molecule has 6 heteroatoms. The number of rotatable bonds is 5. The molecule has 0 bridgehead atoms. The van der Waals surface area contributed by atoms with Crippen molar-refractivity contribution in [3.63, 3.8) is 0 Å². The number of nitrogens with one attached hydrogen (secondary N) is 1. The van der Waals surface area contributed by atoms with E-state index < -0.39 is 0 Å². The Balaban J connectivity index is 1.62. The van der Waals surface area contributed by atoms with Crippen molar-refractivity contribution in [2.45, 2.75) is 12.1 Å². The highest BCUT2D eigenvalue weighted by Crippen LogP contribution is 2.22. The molecule has 2 aromatic carbocycles. The number of Topliss-reactive ketones (excluding diaryl/α,β-unsaturated/α-hetero) is 1. The molecule has 0 fully saturated rings. The highest BCUT2D eigenvalue weighted by molar-refractivity contribution is 7.99. The summed E-state index contributed by atoms with van der Waals surface area (Å²) in [6.07, 6.45) is 0. The van der Waals surface area contributed by atoms with Crippen molar-refractivity contribution in [1.82, 2.24) is 9.55 Å². The maximum atomic E-state index is 12.1. The van der Waals surface area contributed by atoms with Gasteiger partial charge in [0.15, 0.2) is 10.9 Å². The van der Waals surface area contributed by atoms with Gasteiger partial charge < -0.3 is 9.88 Å². The zero-order valence-electron chi connectivity index (χ0n) is 13.4. The second-order valence-corrected chi connectivity index (χ2v) is 6.35. The molecule has 3 rings (SSSR count). The number of para-hydroxylation sites is 2. The Morgan fingerprint density at radius 2 is 1.83 bits per heavy atom. The highest BCUT2D eigenvalue weighted by atomic mass is 32.2. The van der Waals surface area contributed by atoms with Crippen LogP contribution in [-0.2, 0) is 11.8 Å². The Hall–Kier alpha value is -2.60. The molecule has 0 saturated heterocycles. The summed E-state index contributed by atoms with van der Waals surface area (Å²) in [4.78, 5) is 27.9. The van der Waals surface area contributed by atoms with E-state index in [1.807, 2.05) is 35.9 Å². The lowest BCUT2D eigenvalue weighted by molar-refractivity contribution is -0.113. The van der Waals surface area contributed by atoms with E-state index in [2.05, 4.69) is 10.3 Å². The number of thioether (sulfide) groups is 1. The molecule has 0 saturated carbocycles. The third-order valence-electron chi connectivity index (χ3n) is 3.65. The van der Waals surface area contributed by atoms with Gasteiger partial charge in [0, 0.05) is 18.3 Å². The quantitative estimate of drug-likeness (QED) is 0.571. The van der Waals surface area contributed by atoms with Crippen LogP contribution in [0.3, 0.4) is 0 Å². The van der Waals surface area contributed by atoms with Crippen molar-refractivity contribution in [1.29, 1.82) is 0 Å². The summed E-state index contributed by atoms with van der Waals surface area (Å²) in [6.45, 7) is 1.51. The van der Waals surface area contributed by atoms with Gasteiger partial charge in [-0.2, -0.15) is 0 Å². The van der Waals surface area contributed by atoms with E-state index in [0.29, 0.717) is 11.3 Å². The summed E-state index contributed by atoms with van der Waals surface area (Å²) in [6, 6.07) is 14.7. The number of nitrogens with zero attached hydrogens (tertiary/aromatic N) is 2. The first-order chi connectivity index (χ1) is 11.5. The topological polar surface area (TPSA) is 64.0 Å². The number of aromatic nitrogens is 2. The second-order valence-electron chi connectivity index (χ2n) is 5.41. The summed E-state index contributed by atoms with van der Waals surface area (Å²) in [5.74, 6) is 0.166. The van der Waals surface area contributed by atoms with Crippen molar-refractivity contribution in [3.8, 4) is 0 Å². The van der Waals surface area contributed by atoms with Gasteiger partial charge in [0.05, 0.1) is 16.8 Å². The monoisotopic (exact) mass is 339 g/mol. The molecule has 0 unspecified atom stereocenters. The Kier molecular flexibility index (Phi) is 4.66. The third kappa shape index (κ3) is 3.49. The zero-order valence-corrected chi connectivity index (χ0v) is 14.3. The molecule has 24 heavy (non-hydrogen) atoms. The van der Waals surface area contributed by atoms with E-state index in [4.69, 9.17) is 0 Å². The predicted molar refractivity (Wildman–Crippen MR) is 96.5 cm³/mol. The molecule has 0 atom stereocenters. The summed E-state index contributed by atoms with van der Waals surface area (Å²) < 4.78 is 1.98. The van der Waals surface area contributed by atoms with E-state index in [9.17, 15) is 9.59 Å². The lowest BCUT2D eigenvalue weighted by Crippen LogP contribution is -2.14. The minimum atomic E-state index is -0.109. The number of ketones is 1. The third-order valence-corrected chi connectivity index (χ3v) is 4.68. The van der Waals surface area contributed by atoms with Gasteiger partial charge in [-0.25, -0.2) is 4.98 Å². The van der Waals surface area contributed by atoms with Crippen molar-refractivity contribution < 1.29 is 9.59 Å². The van der Waals surface area contributed by atoms with Gasteiger partial charge in [-0.05, 0) is 43.3 Å². The number of hydrogen-bond donors (Lipinski definition) is 1. The molecule has 122 valence electrons. The lowest BCUT2D eigenvalue weighted by Gasteiger charge is -2.06. The van der Waals surface area contributed by atoms with Crippen LogP contribution in [-0.4, -0.2) is 27.0 Å². The fourth-order valence-electron chi connectivity index (χ4n) is 2.37. The van der Waals surface area contributed by atoms with Crippen molar-refractivity contribution >= 4 is 40.2 Å². The summed E-state index contributed by atoms with van der Waals surface area (Å²) in [5, 5.41) is 3.63. The summed E-state index contributed by atoms with van der Waals surface area (Å²) >= 11 is 1.39. The van der Waals surface area contributed by atoms with Crippen LogP contribution < -0.4 is 5.32 Å². The predicted octanol–water partition coefficient (Wildman–Crippen LogP) is 3.51. The molecule has 5 nitrogen and oxygen atoms in total. The van der Waals surface area contributed by atoms with Gasteiger partial charge in [0.25, 0.3) is 0 Å². The average Bonchev–Trinajstić information content (AvgIpc) is 2.90. The standard InChI is InChI=1S/C18H17N3O2S/c1-12(22)13-7-9-14(10-8-13)19-17(23)11-24-18-20-15-5-3-4-6-16(15)21(18)2/h3-10H,11H2,1-2H3,(H,19,23). The molecule has 0 aliphatic carbocycles. The van der Waals surface area contributed by atoms with Crippen molar-refractivity contribution in [2.24, 2.45) is 7.05 Å². The lowest BCUT2D eigenvalue weighted by atomic mass is 10.1. The van der Waals surface area contributed by atoms with E-state index in [-0.39, 0.29) is 17.4 Å². The molecule has 1 aromatic heterocycles. The number of imidazole rings is 1. The maximum absolute atomic E-state index is 12.1. The van der Waals surface area contributed by atoms with Crippen LogP contribution in [0.4, 0.5) is 5.69 Å². The van der Waals surface area contributed by atoms with E-state index in [0.717, 1.165) is 16.2 Å².